The van der Waals surface area contributed by atoms with Crippen molar-refractivity contribution in [1.29, 1.82) is 0 Å². The third-order valence-corrected chi connectivity index (χ3v) is 2.69. The van der Waals surface area contributed by atoms with Crippen molar-refractivity contribution >= 4 is 0 Å². The summed E-state index contributed by atoms with van der Waals surface area (Å²) in [6.07, 6.45) is -1.76. The number of para-hydroxylation sites is 1. The molecule has 4 nitrogen and oxygen atoms in total. The van der Waals surface area contributed by atoms with Gasteiger partial charge in [-0.3, -0.25) is 0 Å². The van der Waals surface area contributed by atoms with Gasteiger partial charge in [-0.15, -0.1) is 5.10 Å². The minimum atomic E-state index is -4.42. The largest absolute Gasteiger partial charge is 0.418 e. The number of halogens is 3. The fourth-order valence-electron chi connectivity index (χ4n) is 1.81. The van der Waals surface area contributed by atoms with Crippen molar-refractivity contribution in [1.82, 2.24) is 15.0 Å². The third kappa shape index (κ3) is 2.93. The molecule has 1 heterocycles. The minimum absolute atomic E-state index is 0.0143. The monoisotopic (exact) mass is 270 g/mol. The zero-order valence-corrected chi connectivity index (χ0v) is 10.1. The van der Waals surface area contributed by atoms with Crippen LogP contribution in [0.5, 0.6) is 0 Å². The first-order valence-corrected chi connectivity index (χ1v) is 5.80. The molecule has 0 spiro atoms. The normalized spacial score (nSPS) is 11.8. The summed E-state index contributed by atoms with van der Waals surface area (Å²) in [5, 5.41) is 7.42. The summed E-state index contributed by atoms with van der Waals surface area (Å²) in [4.78, 5) is 0. The Hall–Kier alpha value is -1.89. The smallest absolute Gasteiger partial charge is 0.330 e. The molecule has 0 radical (unpaired) electrons. The number of hydrogen-bond acceptors (Lipinski definition) is 3. The Morgan fingerprint density at radius 2 is 1.95 bits per heavy atom. The van der Waals surface area contributed by atoms with Crippen molar-refractivity contribution in [3.05, 3.63) is 41.7 Å². The highest BCUT2D eigenvalue weighted by molar-refractivity contribution is 5.42. The number of rotatable bonds is 4. The van der Waals surface area contributed by atoms with Gasteiger partial charge < -0.3 is 5.73 Å². The maximum atomic E-state index is 12.9. The molecule has 2 rings (SSSR count). The van der Waals surface area contributed by atoms with Gasteiger partial charge >= 0.3 is 6.18 Å². The van der Waals surface area contributed by atoms with E-state index in [9.17, 15) is 13.2 Å². The second-order valence-electron chi connectivity index (χ2n) is 4.04. The van der Waals surface area contributed by atoms with E-state index in [0.717, 1.165) is 6.07 Å². The Morgan fingerprint density at radius 1 is 1.21 bits per heavy atom. The van der Waals surface area contributed by atoms with Gasteiger partial charge in [-0.2, -0.15) is 13.2 Å². The predicted molar refractivity (Wildman–Crippen MR) is 63.7 cm³/mol. The van der Waals surface area contributed by atoms with Crippen LogP contribution in [0.3, 0.4) is 0 Å². The van der Waals surface area contributed by atoms with Crippen LogP contribution in [0.25, 0.3) is 5.69 Å². The molecule has 0 amide bonds. The molecule has 7 heteroatoms. The summed E-state index contributed by atoms with van der Waals surface area (Å²) in [5.41, 5.74) is 5.27. The summed E-state index contributed by atoms with van der Waals surface area (Å²) in [6, 6.07) is 5.30. The maximum absolute atomic E-state index is 12.9. The van der Waals surface area contributed by atoms with E-state index in [0.29, 0.717) is 25.1 Å². The fourth-order valence-corrected chi connectivity index (χ4v) is 1.81. The van der Waals surface area contributed by atoms with E-state index in [4.69, 9.17) is 5.73 Å². The van der Waals surface area contributed by atoms with Gasteiger partial charge in [0.1, 0.15) is 0 Å². The van der Waals surface area contributed by atoms with Gasteiger partial charge in [0, 0.05) is 0 Å². The van der Waals surface area contributed by atoms with E-state index in [2.05, 4.69) is 10.3 Å². The number of nitrogens with zero attached hydrogens (tertiary/aromatic N) is 3. The van der Waals surface area contributed by atoms with Crippen LogP contribution in [-0.4, -0.2) is 21.5 Å². The quantitative estimate of drug-likeness (QED) is 0.926. The standard InChI is InChI=1S/C12H13F3N4/c13-12(14,15)10-5-1-2-6-11(10)19-9(4-3-7-16)8-17-18-19/h1-2,5-6,8H,3-4,7,16H2. The number of benzene rings is 1. The van der Waals surface area contributed by atoms with Gasteiger partial charge in [0.25, 0.3) is 0 Å². The van der Waals surface area contributed by atoms with Gasteiger partial charge in [0.2, 0.25) is 0 Å². The summed E-state index contributed by atoms with van der Waals surface area (Å²) >= 11 is 0. The van der Waals surface area contributed by atoms with E-state index in [-0.39, 0.29) is 5.69 Å². The summed E-state index contributed by atoms with van der Waals surface area (Å²) < 4.78 is 40.0. The average molecular weight is 270 g/mol. The van der Waals surface area contributed by atoms with Crippen LogP contribution >= 0.6 is 0 Å². The van der Waals surface area contributed by atoms with Gasteiger partial charge in [0.15, 0.2) is 0 Å². The van der Waals surface area contributed by atoms with Gasteiger partial charge in [-0.05, 0) is 31.5 Å². The van der Waals surface area contributed by atoms with Crippen LogP contribution in [0.15, 0.2) is 30.5 Å². The van der Waals surface area contributed by atoms with Crippen molar-refractivity contribution < 1.29 is 13.2 Å². The van der Waals surface area contributed by atoms with Crippen LogP contribution in [0, 0.1) is 0 Å². The lowest BCUT2D eigenvalue weighted by Gasteiger charge is -2.13. The molecular weight excluding hydrogens is 257 g/mol. The third-order valence-electron chi connectivity index (χ3n) is 2.69. The molecular formula is C12H13F3N4. The summed E-state index contributed by atoms with van der Waals surface area (Å²) in [7, 11) is 0. The lowest BCUT2D eigenvalue weighted by Crippen LogP contribution is -2.13. The number of hydrogen-bond donors (Lipinski definition) is 1. The van der Waals surface area contributed by atoms with Crippen LogP contribution in [0.4, 0.5) is 13.2 Å². The zero-order chi connectivity index (χ0) is 13.9. The van der Waals surface area contributed by atoms with Crippen LogP contribution in [-0.2, 0) is 12.6 Å². The molecule has 0 fully saturated rings. The Bertz CT molecular complexity index is 548. The number of aromatic nitrogens is 3. The lowest BCUT2D eigenvalue weighted by atomic mass is 10.1. The lowest BCUT2D eigenvalue weighted by molar-refractivity contribution is -0.137. The Kier molecular flexibility index (Phi) is 3.84. The number of alkyl halides is 3. The molecule has 0 unspecified atom stereocenters. The first-order chi connectivity index (χ1) is 9.04. The highest BCUT2D eigenvalue weighted by Crippen LogP contribution is 2.33. The van der Waals surface area contributed by atoms with Crippen molar-refractivity contribution in [2.75, 3.05) is 6.54 Å². The molecule has 0 aliphatic carbocycles. The van der Waals surface area contributed by atoms with E-state index in [1.807, 2.05) is 0 Å². The number of aryl methyl sites for hydroxylation is 1. The van der Waals surface area contributed by atoms with Crippen molar-refractivity contribution in [3.8, 4) is 5.69 Å². The Morgan fingerprint density at radius 3 is 2.63 bits per heavy atom. The van der Waals surface area contributed by atoms with Crippen molar-refractivity contribution in [3.63, 3.8) is 0 Å². The topological polar surface area (TPSA) is 56.7 Å². The highest BCUT2D eigenvalue weighted by Gasteiger charge is 2.34. The maximum Gasteiger partial charge on any atom is 0.418 e. The zero-order valence-electron chi connectivity index (χ0n) is 10.1. The molecule has 2 aromatic rings. The van der Waals surface area contributed by atoms with Crippen LogP contribution < -0.4 is 5.73 Å². The number of nitrogens with two attached hydrogens (primary N) is 1. The van der Waals surface area contributed by atoms with E-state index in [1.54, 1.807) is 6.07 Å². The first kappa shape index (κ1) is 13.5. The molecule has 0 aliphatic rings. The van der Waals surface area contributed by atoms with Gasteiger partial charge in [0.05, 0.1) is 23.1 Å². The van der Waals surface area contributed by atoms with E-state index < -0.39 is 11.7 Å². The molecule has 19 heavy (non-hydrogen) atoms. The van der Waals surface area contributed by atoms with Crippen molar-refractivity contribution in [2.24, 2.45) is 5.73 Å². The second-order valence-corrected chi connectivity index (χ2v) is 4.04. The molecule has 1 aromatic carbocycles. The fraction of sp³-hybridized carbons (Fsp3) is 0.333. The molecule has 2 N–H and O–H groups in total. The van der Waals surface area contributed by atoms with Crippen LogP contribution in [0.1, 0.15) is 17.7 Å². The van der Waals surface area contributed by atoms with E-state index in [1.165, 1.54) is 23.0 Å². The molecule has 102 valence electrons. The molecule has 0 bridgehead atoms. The molecule has 0 saturated carbocycles. The minimum Gasteiger partial charge on any atom is -0.330 e. The van der Waals surface area contributed by atoms with Gasteiger partial charge in [-0.25, -0.2) is 4.68 Å². The Labute approximate surface area is 108 Å². The highest BCUT2D eigenvalue weighted by atomic mass is 19.4. The Balaban J connectivity index is 2.45. The van der Waals surface area contributed by atoms with Crippen molar-refractivity contribution in [2.45, 2.75) is 19.0 Å². The van der Waals surface area contributed by atoms with E-state index >= 15 is 0 Å². The predicted octanol–water partition coefficient (Wildman–Crippen LogP) is 2.18. The molecule has 0 saturated heterocycles. The molecule has 1 aromatic heterocycles. The molecule has 0 aliphatic heterocycles. The second kappa shape index (κ2) is 5.40. The summed E-state index contributed by atoms with van der Waals surface area (Å²) in [6.45, 7) is 0.464. The first-order valence-electron chi connectivity index (χ1n) is 5.80. The molecule has 0 atom stereocenters. The van der Waals surface area contributed by atoms with Crippen LogP contribution in [0.2, 0.25) is 0 Å². The SMILES string of the molecule is NCCCc1cnnn1-c1ccccc1C(F)(F)F. The average Bonchev–Trinajstić information content (AvgIpc) is 2.83. The van der Waals surface area contributed by atoms with Gasteiger partial charge in [-0.1, -0.05) is 17.3 Å². The summed E-state index contributed by atoms with van der Waals surface area (Å²) in [5.74, 6) is 0.